The molecule has 2 amide bonds. The first-order valence-electron chi connectivity index (χ1n) is 9.04. The minimum absolute atomic E-state index is 0.131. The number of hydrogen-bond acceptors (Lipinski definition) is 3. The molecule has 128 valence electrons. The van der Waals surface area contributed by atoms with Crippen LogP contribution in [-0.4, -0.2) is 57.6 Å². The van der Waals surface area contributed by atoms with Crippen LogP contribution in [0.25, 0.3) is 0 Å². The van der Waals surface area contributed by atoms with Crippen LogP contribution in [0.4, 0.5) is 4.79 Å². The number of imidazole rings is 1. The first-order chi connectivity index (χ1) is 11.3. The fourth-order valence-electron chi connectivity index (χ4n) is 3.60. The van der Waals surface area contributed by atoms with Crippen LogP contribution in [0.3, 0.4) is 0 Å². The molecule has 23 heavy (non-hydrogen) atoms. The van der Waals surface area contributed by atoms with E-state index in [0.29, 0.717) is 6.04 Å². The van der Waals surface area contributed by atoms with Crippen molar-refractivity contribution in [1.82, 2.24) is 24.7 Å². The molecule has 2 heterocycles. The van der Waals surface area contributed by atoms with Crippen molar-refractivity contribution in [2.75, 3.05) is 26.2 Å². The Morgan fingerprint density at radius 2 is 1.96 bits per heavy atom. The average molecular weight is 319 g/mol. The second kappa shape index (κ2) is 7.81. The molecular formula is C17H29N5O. The molecule has 0 spiro atoms. The molecule has 2 fully saturated rings. The Balaban J connectivity index is 1.43. The molecule has 1 saturated carbocycles. The highest BCUT2D eigenvalue weighted by Gasteiger charge is 2.24. The molecule has 2 aliphatic rings. The molecule has 1 aliphatic carbocycles. The van der Waals surface area contributed by atoms with E-state index in [1.807, 2.05) is 17.3 Å². The maximum atomic E-state index is 12.4. The fraction of sp³-hybridized carbons (Fsp3) is 0.765. The van der Waals surface area contributed by atoms with E-state index < -0.39 is 0 Å². The number of aromatic nitrogens is 2. The first kappa shape index (κ1) is 16.3. The molecule has 0 bridgehead atoms. The predicted octanol–water partition coefficient (Wildman–Crippen LogP) is 2.06. The number of aryl methyl sites for hydroxylation is 1. The normalized spacial score (nSPS) is 20.7. The highest BCUT2D eigenvalue weighted by molar-refractivity contribution is 5.74. The third kappa shape index (κ3) is 4.25. The molecule has 0 atom stereocenters. The summed E-state index contributed by atoms with van der Waals surface area (Å²) in [7, 11) is 0. The second-order valence-corrected chi connectivity index (χ2v) is 6.68. The quantitative estimate of drug-likeness (QED) is 0.924. The topological polar surface area (TPSA) is 53.4 Å². The zero-order valence-electron chi connectivity index (χ0n) is 14.2. The van der Waals surface area contributed by atoms with Gasteiger partial charge < -0.3 is 14.8 Å². The van der Waals surface area contributed by atoms with Gasteiger partial charge in [0.05, 0.1) is 6.54 Å². The van der Waals surface area contributed by atoms with Gasteiger partial charge in [0.15, 0.2) is 0 Å². The highest BCUT2D eigenvalue weighted by Crippen LogP contribution is 2.18. The van der Waals surface area contributed by atoms with Gasteiger partial charge in [0.25, 0.3) is 0 Å². The van der Waals surface area contributed by atoms with Crippen LogP contribution in [0.1, 0.15) is 44.9 Å². The van der Waals surface area contributed by atoms with Crippen LogP contribution in [0.15, 0.2) is 12.4 Å². The van der Waals surface area contributed by atoms with E-state index in [1.54, 1.807) is 0 Å². The number of nitrogens with zero attached hydrogens (tertiary/aromatic N) is 4. The molecule has 0 aromatic carbocycles. The monoisotopic (exact) mass is 319 g/mol. The Labute approximate surface area is 138 Å². The van der Waals surface area contributed by atoms with E-state index in [2.05, 4.69) is 26.7 Å². The SMILES string of the molecule is CCn1ccnc1CN1CCN(C(=O)NC2CCCCC2)CC1. The number of nitrogens with one attached hydrogen (secondary N) is 1. The van der Waals surface area contributed by atoms with Crippen LogP contribution in [0.2, 0.25) is 0 Å². The molecule has 1 aromatic rings. The van der Waals surface area contributed by atoms with Crippen LogP contribution >= 0.6 is 0 Å². The van der Waals surface area contributed by atoms with Crippen LogP contribution in [-0.2, 0) is 13.1 Å². The average Bonchev–Trinajstić information content (AvgIpc) is 3.03. The summed E-state index contributed by atoms with van der Waals surface area (Å²) in [5.41, 5.74) is 0. The lowest BCUT2D eigenvalue weighted by Gasteiger charge is -2.35. The Morgan fingerprint density at radius 3 is 2.65 bits per heavy atom. The molecule has 3 rings (SSSR count). The van der Waals surface area contributed by atoms with Crippen molar-refractivity contribution in [3.8, 4) is 0 Å². The van der Waals surface area contributed by atoms with Gasteiger partial charge >= 0.3 is 6.03 Å². The second-order valence-electron chi connectivity index (χ2n) is 6.68. The van der Waals surface area contributed by atoms with Crippen LogP contribution < -0.4 is 5.32 Å². The molecule has 6 nitrogen and oxygen atoms in total. The number of carbonyl (C=O) groups is 1. The van der Waals surface area contributed by atoms with Gasteiger partial charge in [-0.3, -0.25) is 4.90 Å². The number of piperazine rings is 1. The summed E-state index contributed by atoms with van der Waals surface area (Å²) in [6, 6.07) is 0.526. The lowest BCUT2D eigenvalue weighted by molar-refractivity contribution is 0.129. The summed E-state index contributed by atoms with van der Waals surface area (Å²) in [6.45, 7) is 7.44. The van der Waals surface area contributed by atoms with Gasteiger partial charge in [-0.05, 0) is 19.8 Å². The molecule has 1 saturated heterocycles. The number of carbonyl (C=O) groups excluding carboxylic acids is 1. The Hall–Kier alpha value is -1.56. The molecular weight excluding hydrogens is 290 g/mol. The van der Waals surface area contributed by atoms with Crippen molar-refractivity contribution >= 4 is 6.03 Å². The number of hydrogen-bond donors (Lipinski definition) is 1. The standard InChI is InChI=1S/C17H29N5O/c1-2-21-9-8-18-16(21)14-20-10-12-22(13-11-20)17(23)19-15-6-4-3-5-7-15/h8-9,15H,2-7,10-14H2,1H3,(H,19,23). The van der Waals surface area contributed by atoms with Gasteiger partial charge in [0.1, 0.15) is 5.82 Å². The summed E-state index contributed by atoms with van der Waals surface area (Å²) in [4.78, 5) is 21.2. The Bertz CT molecular complexity index is 501. The first-order valence-corrected chi connectivity index (χ1v) is 9.04. The molecule has 1 aromatic heterocycles. The fourth-order valence-corrected chi connectivity index (χ4v) is 3.60. The Kier molecular flexibility index (Phi) is 5.54. The van der Waals surface area contributed by atoms with Gasteiger partial charge in [-0.2, -0.15) is 0 Å². The summed E-state index contributed by atoms with van der Waals surface area (Å²) >= 11 is 0. The molecule has 1 N–H and O–H groups in total. The lowest BCUT2D eigenvalue weighted by Crippen LogP contribution is -2.53. The maximum absolute atomic E-state index is 12.4. The van der Waals surface area contributed by atoms with Gasteiger partial charge in [-0.25, -0.2) is 9.78 Å². The summed E-state index contributed by atoms with van der Waals surface area (Å²) < 4.78 is 2.18. The number of rotatable bonds is 4. The van der Waals surface area contributed by atoms with E-state index in [9.17, 15) is 4.79 Å². The third-order valence-corrected chi connectivity index (χ3v) is 5.10. The van der Waals surface area contributed by atoms with Crippen molar-refractivity contribution in [2.24, 2.45) is 0 Å². The maximum Gasteiger partial charge on any atom is 0.317 e. The molecule has 6 heteroatoms. The summed E-state index contributed by atoms with van der Waals surface area (Å²) in [6.07, 6.45) is 10.0. The van der Waals surface area contributed by atoms with Crippen LogP contribution in [0, 0.1) is 0 Å². The van der Waals surface area contributed by atoms with Gasteiger partial charge in [-0.1, -0.05) is 19.3 Å². The summed E-state index contributed by atoms with van der Waals surface area (Å²) in [5.74, 6) is 1.12. The van der Waals surface area contributed by atoms with Gasteiger partial charge in [0.2, 0.25) is 0 Å². The Morgan fingerprint density at radius 1 is 1.22 bits per heavy atom. The van der Waals surface area contributed by atoms with Crippen LogP contribution in [0.5, 0.6) is 0 Å². The minimum Gasteiger partial charge on any atom is -0.335 e. The largest absolute Gasteiger partial charge is 0.335 e. The van der Waals surface area contributed by atoms with Crippen molar-refractivity contribution < 1.29 is 4.79 Å². The van der Waals surface area contributed by atoms with E-state index in [-0.39, 0.29) is 6.03 Å². The smallest absolute Gasteiger partial charge is 0.317 e. The van der Waals surface area contributed by atoms with Crippen molar-refractivity contribution in [3.05, 3.63) is 18.2 Å². The minimum atomic E-state index is 0.131. The number of urea groups is 1. The predicted molar refractivity (Wildman–Crippen MR) is 90.2 cm³/mol. The highest BCUT2D eigenvalue weighted by atomic mass is 16.2. The van der Waals surface area contributed by atoms with Crippen molar-refractivity contribution in [2.45, 2.75) is 58.2 Å². The summed E-state index contributed by atoms with van der Waals surface area (Å²) in [5, 5.41) is 3.22. The van der Waals surface area contributed by atoms with Gasteiger partial charge in [-0.15, -0.1) is 0 Å². The zero-order valence-corrected chi connectivity index (χ0v) is 14.2. The third-order valence-electron chi connectivity index (χ3n) is 5.10. The van der Waals surface area contributed by atoms with Crippen molar-refractivity contribution in [1.29, 1.82) is 0 Å². The molecule has 0 radical (unpaired) electrons. The molecule has 1 aliphatic heterocycles. The lowest BCUT2D eigenvalue weighted by atomic mass is 9.96. The van der Waals surface area contributed by atoms with E-state index in [1.165, 1.54) is 19.3 Å². The van der Waals surface area contributed by atoms with Gasteiger partial charge in [0, 0.05) is 51.2 Å². The van der Waals surface area contributed by atoms with E-state index in [0.717, 1.165) is 57.9 Å². The van der Waals surface area contributed by atoms with E-state index in [4.69, 9.17) is 0 Å². The number of amides is 2. The van der Waals surface area contributed by atoms with E-state index >= 15 is 0 Å². The molecule has 0 unspecified atom stereocenters. The van der Waals surface area contributed by atoms with Crippen molar-refractivity contribution in [3.63, 3.8) is 0 Å². The zero-order chi connectivity index (χ0) is 16.1.